The van der Waals surface area contributed by atoms with Crippen LogP contribution in [0.15, 0.2) is 48.8 Å². The standard InChI is InChI=1S/C17H14BNO3S/c1-11-2-5-16(23-11)17(20)12-6-7-19(9-12)14-4-3-13-10-22-18(21)15(13)8-14/h2-9,21H,10H2,1H3. The molecule has 0 unspecified atom stereocenters. The van der Waals surface area contributed by atoms with Gasteiger partial charge in [-0.1, -0.05) is 6.07 Å². The zero-order valence-electron chi connectivity index (χ0n) is 12.5. The van der Waals surface area contributed by atoms with E-state index < -0.39 is 7.12 Å². The molecule has 3 aromatic rings. The first-order valence-electron chi connectivity index (χ1n) is 7.34. The maximum atomic E-state index is 12.5. The monoisotopic (exact) mass is 323 g/mol. The molecule has 1 aliphatic heterocycles. The lowest BCUT2D eigenvalue weighted by Crippen LogP contribution is -2.28. The molecule has 3 heterocycles. The van der Waals surface area contributed by atoms with Crippen LogP contribution in [0.4, 0.5) is 0 Å². The van der Waals surface area contributed by atoms with Crippen LogP contribution in [0.5, 0.6) is 0 Å². The normalized spacial score (nSPS) is 13.4. The summed E-state index contributed by atoms with van der Waals surface area (Å²) in [5.74, 6) is 0.0337. The Morgan fingerprint density at radius 1 is 1.30 bits per heavy atom. The van der Waals surface area contributed by atoms with E-state index in [1.807, 2.05) is 60.3 Å². The zero-order valence-corrected chi connectivity index (χ0v) is 13.3. The summed E-state index contributed by atoms with van der Waals surface area (Å²) < 4.78 is 7.10. The molecule has 0 atom stereocenters. The number of benzene rings is 1. The zero-order chi connectivity index (χ0) is 16.0. The average Bonchev–Trinajstić information content (AvgIpc) is 3.27. The van der Waals surface area contributed by atoms with E-state index in [1.54, 1.807) is 0 Å². The van der Waals surface area contributed by atoms with Gasteiger partial charge in [0.2, 0.25) is 5.78 Å². The van der Waals surface area contributed by atoms with E-state index in [9.17, 15) is 9.82 Å². The number of aromatic nitrogens is 1. The summed E-state index contributed by atoms with van der Waals surface area (Å²) in [7, 11) is -0.865. The van der Waals surface area contributed by atoms with Gasteiger partial charge in [0.05, 0.1) is 11.5 Å². The number of aryl methyl sites for hydroxylation is 1. The van der Waals surface area contributed by atoms with Crippen LogP contribution in [0.25, 0.3) is 5.69 Å². The fraction of sp³-hybridized carbons (Fsp3) is 0.118. The minimum absolute atomic E-state index is 0.0337. The predicted molar refractivity (Wildman–Crippen MR) is 90.7 cm³/mol. The summed E-state index contributed by atoms with van der Waals surface area (Å²) in [6, 6.07) is 11.4. The molecule has 1 aliphatic rings. The van der Waals surface area contributed by atoms with Crippen molar-refractivity contribution >= 4 is 29.7 Å². The Bertz CT molecular complexity index is 899. The van der Waals surface area contributed by atoms with Crippen LogP contribution in [0.2, 0.25) is 0 Å². The van der Waals surface area contributed by atoms with E-state index in [2.05, 4.69) is 0 Å². The molecule has 0 spiro atoms. The molecule has 6 heteroatoms. The van der Waals surface area contributed by atoms with E-state index in [-0.39, 0.29) is 5.78 Å². The second kappa shape index (κ2) is 5.49. The Labute approximate surface area is 138 Å². The SMILES string of the molecule is Cc1ccc(C(=O)c2ccn(-c3ccc4c(c3)B(O)OC4)c2)s1. The summed E-state index contributed by atoms with van der Waals surface area (Å²) >= 11 is 1.50. The van der Waals surface area contributed by atoms with Gasteiger partial charge in [-0.15, -0.1) is 11.3 Å². The van der Waals surface area contributed by atoms with Crippen molar-refractivity contribution in [1.29, 1.82) is 0 Å². The smallest absolute Gasteiger partial charge is 0.423 e. The van der Waals surface area contributed by atoms with Gasteiger partial charge >= 0.3 is 7.12 Å². The minimum atomic E-state index is -0.865. The Kier molecular flexibility index (Phi) is 3.45. The predicted octanol–water partition coefficient (Wildman–Crippen LogP) is 2.30. The van der Waals surface area contributed by atoms with Crippen LogP contribution < -0.4 is 5.46 Å². The molecule has 0 fully saturated rings. The Balaban J connectivity index is 1.66. The highest BCUT2D eigenvalue weighted by Gasteiger charge is 2.27. The molecule has 23 heavy (non-hydrogen) atoms. The largest absolute Gasteiger partial charge is 0.491 e. The van der Waals surface area contributed by atoms with Gasteiger partial charge in [0.15, 0.2) is 0 Å². The summed E-state index contributed by atoms with van der Waals surface area (Å²) in [6.07, 6.45) is 3.68. The molecule has 0 radical (unpaired) electrons. The van der Waals surface area contributed by atoms with Crippen molar-refractivity contribution in [3.63, 3.8) is 0 Å². The molecule has 0 amide bonds. The number of ketones is 1. The maximum Gasteiger partial charge on any atom is 0.491 e. The van der Waals surface area contributed by atoms with Crippen molar-refractivity contribution in [3.05, 3.63) is 69.7 Å². The van der Waals surface area contributed by atoms with Gasteiger partial charge < -0.3 is 14.2 Å². The highest BCUT2D eigenvalue weighted by atomic mass is 32.1. The van der Waals surface area contributed by atoms with Crippen molar-refractivity contribution in [3.8, 4) is 5.69 Å². The van der Waals surface area contributed by atoms with Gasteiger partial charge in [0.1, 0.15) is 0 Å². The number of fused-ring (bicyclic) bond motifs is 1. The van der Waals surface area contributed by atoms with E-state index in [0.29, 0.717) is 12.2 Å². The van der Waals surface area contributed by atoms with Gasteiger partial charge in [-0.05, 0) is 48.3 Å². The van der Waals surface area contributed by atoms with E-state index in [0.717, 1.165) is 26.5 Å². The number of thiophene rings is 1. The van der Waals surface area contributed by atoms with Gasteiger partial charge in [0.25, 0.3) is 0 Å². The lowest BCUT2D eigenvalue weighted by atomic mass is 9.79. The van der Waals surface area contributed by atoms with Gasteiger partial charge in [-0.2, -0.15) is 0 Å². The van der Waals surface area contributed by atoms with Crippen LogP contribution in [-0.2, 0) is 11.3 Å². The van der Waals surface area contributed by atoms with Gasteiger partial charge in [-0.3, -0.25) is 4.79 Å². The van der Waals surface area contributed by atoms with Crippen LogP contribution in [0, 0.1) is 6.92 Å². The van der Waals surface area contributed by atoms with E-state index in [1.165, 1.54) is 11.3 Å². The molecule has 0 aliphatic carbocycles. The number of rotatable bonds is 3. The third-order valence-corrected chi connectivity index (χ3v) is 5.01. The lowest BCUT2D eigenvalue weighted by Gasteiger charge is -2.05. The Morgan fingerprint density at radius 2 is 2.17 bits per heavy atom. The third-order valence-electron chi connectivity index (χ3n) is 4.01. The highest BCUT2D eigenvalue weighted by Crippen LogP contribution is 2.21. The van der Waals surface area contributed by atoms with Crippen molar-refractivity contribution in [2.24, 2.45) is 0 Å². The van der Waals surface area contributed by atoms with E-state index >= 15 is 0 Å². The van der Waals surface area contributed by atoms with Crippen molar-refractivity contribution in [2.75, 3.05) is 0 Å². The fourth-order valence-electron chi connectivity index (χ4n) is 2.75. The molecule has 1 aromatic carbocycles. The van der Waals surface area contributed by atoms with Gasteiger partial charge in [0, 0.05) is 28.5 Å². The number of nitrogens with zero attached hydrogens (tertiary/aromatic N) is 1. The first-order valence-corrected chi connectivity index (χ1v) is 8.15. The fourth-order valence-corrected chi connectivity index (χ4v) is 3.58. The Hall–Kier alpha value is -2.15. The quantitative estimate of drug-likeness (QED) is 0.594. The first kappa shape index (κ1) is 14.4. The second-order valence-corrected chi connectivity index (χ2v) is 6.88. The van der Waals surface area contributed by atoms with Crippen LogP contribution in [-0.4, -0.2) is 22.5 Å². The Morgan fingerprint density at radius 3 is 2.96 bits per heavy atom. The summed E-state index contributed by atoms with van der Waals surface area (Å²) in [6.45, 7) is 2.43. The molecule has 114 valence electrons. The molecule has 2 aromatic heterocycles. The summed E-state index contributed by atoms with van der Waals surface area (Å²) in [4.78, 5) is 14.4. The van der Waals surface area contributed by atoms with Gasteiger partial charge in [-0.25, -0.2) is 0 Å². The molecule has 0 saturated carbocycles. The topological polar surface area (TPSA) is 51.5 Å². The minimum Gasteiger partial charge on any atom is -0.423 e. The molecular formula is C17H14BNO3S. The van der Waals surface area contributed by atoms with Crippen molar-refractivity contribution in [2.45, 2.75) is 13.5 Å². The maximum absolute atomic E-state index is 12.5. The molecular weight excluding hydrogens is 309 g/mol. The van der Waals surface area contributed by atoms with Crippen LogP contribution in [0.1, 0.15) is 25.7 Å². The molecule has 4 nitrogen and oxygen atoms in total. The first-order chi connectivity index (χ1) is 11.1. The average molecular weight is 323 g/mol. The molecule has 1 N–H and O–H groups in total. The third kappa shape index (κ3) is 2.55. The summed E-state index contributed by atoms with van der Waals surface area (Å²) in [5, 5.41) is 9.81. The van der Waals surface area contributed by atoms with Crippen LogP contribution >= 0.6 is 11.3 Å². The molecule has 0 saturated heterocycles. The number of carbonyl (C=O) groups excluding carboxylic acids is 1. The second-order valence-electron chi connectivity index (χ2n) is 5.59. The number of hydrogen-bond acceptors (Lipinski definition) is 4. The van der Waals surface area contributed by atoms with E-state index in [4.69, 9.17) is 4.65 Å². The lowest BCUT2D eigenvalue weighted by molar-refractivity contribution is 0.104. The van der Waals surface area contributed by atoms with Crippen molar-refractivity contribution in [1.82, 2.24) is 4.57 Å². The summed E-state index contributed by atoms with van der Waals surface area (Å²) in [5.41, 5.74) is 3.34. The number of carbonyl (C=O) groups is 1. The number of hydrogen-bond donors (Lipinski definition) is 1. The van der Waals surface area contributed by atoms with Crippen LogP contribution in [0.3, 0.4) is 0 Å². The highest BCUT2D eigenvalue weighted by molar-refractivity contribution is 7.14. The van der Waals surface area contributed by atoms with Crippen molar-refractivity contribution < 1.29 is 14.5 Å². The molecule has 0 bridgehead atoms. The molecule has 4 rings (SSSR count).